The maximum absolute atomic E-state index is 9.98. The standard InChI is InChI=1S/C13H22N4O.HI/c1-14-12(16-11-13(18)5-4-6-13)15-7-10-17-8-2-3-9-17;/h2-3,8-9,18H,4-7,10-11H2,1H3,(H2,14,15,16);1H. The number of aliphatic hydroxyl groups is 1. The highest BCUT2D eigenvalue weighted by molar-refractivity contribution is 14.0. The number of guanidine groups is 1. The summed E-state index contributed by atoms with van der Waals surface area (Å²) in [5.74, 6) is 0.752. The molecule has 1 aromatic rings. The van der Waals surface area contributed by atoms with Gasteiger partial charge in [0.05, 0.1) is 5.60 Å². The molecule has 0 amide bonds. The van der Waals surface area contributed by atoms with Gasteiger partial charge in [-0.15, -0.1) is 24.0 Å². The van der Waals surface area contributed by atoms with Crippen molar-refractivity contribution in [2.24, 2.45) is 4.99 Å². The summed E-state index contributed by atoms with van der Waals surface area (Å²) in [7, 11) is 1.75. The fraction of sp³-hybridized carbons (Fsp3) is 0.615. The summed E-state index contributed by atoms with van der Waals surface area (Å²) in [6.45, 7) is 2.29. The lowest BCUT2D eigenvalue weighted by Gasteiger charge is -2.36. The zero-order valence-corrected chi connectivity index (χ0v) is 13.6. The fourth-order valence-electron chi connectivity index (χ4n) is 2.05. The summed E-state index contributed by atoms with van der Waals surface area (Å²) in [5, 5.41) is 16.4. The van der Waals surface area contributed by atoms with Crippen LogP contribution in [0.4, 0.5) is 0 Å². The molecular formula is C13H23IN4O. The van der Waals surface area contributed by atoms with E-state index in [1.807, 2.05) is 24.5 Å². The van der Waals surface area contributed by atoms with Gasteiger partial charge < -0.3 is 20.3 Å². The van der Waals surface area contributed by atoms with Crippen molar-refractivity contribution in [3.8, 4) is 0 Å². The largest absolute Gasteiger partial charge is 0.388 e. The number of hydrogen-bond donors (Lipinski definition) is 3. The van der Waals surface area contributed by atoms with Gasteiger partial charge in [0, 0.05) is 39.1 Å². The lowest BCUT2D eigenvalue weighted by Crippen LogP contribution is -2.50. The Kier molecular flexibility index (Phi) is 6.64. The van der Waals surface area contributed by atoms with Gasteiger partial charge in [0.1, 0.15) is 0 Å². The van der Waals surface area contributed by atoms with Crippen LogP contribution in [-0.4, -0.2) is 41.4 Å². The van der Waals surface area contributed by atoms with Gasteiger partial charge in [0.25, 0.3) is 0 Å². The molecule has 0 bridgehead atoms. The third kappa shape index (κ3) is 5.02. The monoisotopic (exact) mass is 378 g/mol. The molecule has 0 spiro atoms. The molecule has 1 saturated carbocycles. The van der Waals surface area contributed by atoms with Crippen LogP contribution in [0.2, 0.25) is 0 Å². The number of halogens is 1. The summed E-state index contributed by atoms with van der Waals surface area (Å²) < 4.78 is 2.11. The van der Waals surface area contributed by atoms with Gasteiger partial charge in [-0.3, -0.25) is 4.99 Å². The average molecular weight is 378 g/mol. The van der Waals surface area contributed by atoms with Crippen molar-refractivity contribution in [1.29, 1.82) is 0 Å². The number of rotatable bonds is 5. The van der Waals surface area contributed by atoms with Gasteiger partial charge in [-0.25, -0.2) is 0 Å². The Balaban J connectivity index is 0.00000180. The van der Waals surface area contributed by atoms with E-state index in [9.17, 15) is 5.11 Å². The van der Waals surface area contributed by atoms with Crippen LogP contribution in [0, 0.1) is 0 Å². The van der Waals surface area contributed by atoms with Gasteiger partial charge >= 0.3 is 0 Å². The lowest BCUT2D eigenvalue weighted by molar-refractivity contribution is -0.0279. The summed E-state index contributed by atoms with van der Waals surface area (Å²) >= 11 is 0. The zero-order valence-electron chi connectivity index (χ0n) is 11.3. The first-order chi connectivity index (χ1) is 8.72. The van der Waals surface area contributed by atoms with Crippen molar-refractivity contribution >= 4 is 29.9 Å². The first-order valence-electron chi connectivity index (χ1n) is 6.49. The minimum Gasteiger partial charge on any atom is -0.388 e. The molecule has 0 unspecified atom stereocenters. The van der Waals surface area contributed by atoms with Crippen LogP contribution in [0.1, 0.15) is 19.3 Å². The second-order valence-corrected chi connectivity index (χ2v) is 4.85. The number of hydrogen-bond acceptors (Lipinski definition) is 2. The second kappa shape index (κ2) is 7.74. The Morgan fingerprint density at radius 2 is 2.00 bits per heavy atom. The van der Waals surface area contributed by atoms with E-state index in [4.69, 9.17) is 0 Å². The summed E-state index contributed by atoms with van der Waals surface area (Å²) in [6, 6.07) is 4.03. The predicted octanol–water partition coefficient (Wildman–Crippen LogP) is 1.19. The van der Waals surface area contributed by atoms with Crippen LogP contribution in [0.3, 0.4) is 0 Å². The molecule has 1 heterocycles. The van der Waals surface area contributed by atoms with E-state index in [0.717, 1.165) is 38.3 Å². The van der Waals surface area contributed by atoms with Gasteiger partial charge in [-0.1, -0.05) is 0 Å². The van der Waals surface area contributed by atoms with Crippen LogP contribution >= 0.6 is 24.0 Å². The highest BCUT2D eigenvalue weighted by Crippen LogP contribution is 2.30. The van der Waals surface area contributed by atoms with E-state index in [1.165, 1.54) is 0 Å². The molecule has 3 N–H and O–H groups in total. The summed E-state index contributed by atoms with van der Waals surface area (Å²) in [4.78, 5) is 4.14. The van der Waals surface area contributed by atoms with E-state index in [1.54, 1.807) is 7.05 Å². The van der Waals surface area contributed by atoms with Gasteiger partial charge in [0.15, 0.2) is 5.96 Å². The molecule has 1 fully saturated rings. The Bertz CT molecular complexity index is 387. The lowest BCUT2D eigenvalue weighted by atomic mass is 9.80. The molecule has 6 heteroatoms. The average Bonchev–Trinajstić information content (AvgIpc) is 2.84. The summed E-state index contributed by atoms with van der Waals surface area (Å²) in [6.07, 6.45) is 6.97. The topological polar surface area (TPSA) is 61.6 Å². The molecule has 19 heavy (non-hydrogen) atoms. The normalized spacial score (nSPS) is 17.3. The fourth-order valence-corrected chi connectivity index (χ4v) is 2.05. The van der Waals surface area contributed by atoms with Gasteiger partial charge in [0.2, 0.25) is 0 Å². The van der Waals surface area contributed by atoms with Crippen LogP contribution in [0.5, 0.6) is 0 Å². The highest BCUT2D eigenvalue weighted by Gasteiger charge is 2.34. The van der Waals surface area contributed by atoms with E-state index in [-0.39, 0.29) is 24.0 Å². The molecule has 108 valence electrons. The van der Waals surface area contributed by atoms with E-state index >= 15 is 0 Å². The van der Waals surface area contributed by atoms with E-state index < -0.39 is 5.60 Å². The quantitative estimate of drug-likeness (QED) is 0.410. The minimum atomic E-state index is -0.516. The molecule has 0 aromatic carbocycles. The van der Waals surface area contributed by atoms with Crippen molar-refractivity contribution in [2.45, 2.75) is 31.4 Å². The van der Waals surface area contributed by atoms with Crippen LogP contribution in [0.15, 0.2) is 29.5 Å². The smallest absolute Gasteiger partial charge is 0.191 e. The maximum Gasteiger partial charge on any atom is 0.191 e. The molecule has 0 saturated heterocycles. The van der Waals surface area contributed by atoms with Crippen LogP contribution in [0.25, 0.3) is 0 Å². The molecule has 2 rings (SSSR count). The highest BCUT2D eigenvalue weighted by atomic mass is 127. The molecule has 0 aliphatic heterocycles. The van der Waals surface area contributed by atoms with E-state index in [2.05, 4.69) is 20.2 Å². The SMILES string of the molecule is CN=C(NCCn1cccc1)NCC1(O)CCC1.I. The van der Waals surface area contributed by atoms with Crippen molar-refractivity contribution in [1.82, 2.24) is 15.2 Å². The van der Waals surface area contributed by atoms with Crippen LogP contribution < -0.4 is 10.6 Å². The van der Waals surface area contributed by atoms with Crippen molar-refractivity contribution < 1.29 is 5.11 Å². The molecule has 0 radical (unpaired) electrons. The van der Waals surface area contributed by atoms with Crippen molar-refractivity contribution in [3.63, 3.8) is 0 Å². The molecule has 1 aliphatic carbocycles. The molecule has 5 nitrogen and oxygen atoms in total. The van der Waals surface area contributed by atoms with Gasteiger partial charge in [-0.05, 0) is 31.4 Å². The van der Waals surface area contributed by atoms with Crippen LogP contribution in [-0.2, 0) is 6.54 Å². The summed E-state index contributed by atoms with van der Waals surface area (Å²) in [5.41, 5.74) is -0.516. The third-order valence-corrected chi connectivity index (χ3v) is 3.42. The second-order valence-electron chi connectivity index (χ2n) is 4.85. The number of nitrogens with one attached hydrogen (secondary N) is 2. The number of aliphatic imine (C=N–C) groups is 1. The van der Waals surface area contributed by atoms with E-state index in [0.29, 0.717) is 6.54 Å². The molecular weight excluding hydrogens is 355 g/mol. The molecule has 0 atom stereocenters. The third-order valence-electron chi connectivity index (χ3n) is 3.42. The van der Waals surface area contributed by atoms with Gasteiger partial charge in [-0.2, -0.15) is 0 Å². The Morgan fingerprint density at radius 1 is 1.32 bits per heavy atom. The Labute approximate surface area is 131 Å². The maximum atomic E-state index is 9.98. The Morgan fingerprint density at radius 3 is 2.53 bits per heavy atom. The molecule has 1 aromatic heterocycles. The minimum absolute atomic E-state index is 0. The van der Waals surface area contributed by atoms with Crippen molar-refractivity contribution in [3.05, 3.63) is 24.5 Å². The first kappa shape index (κ1) is 16.3. The first-order valence-corrected chi connectivity index (χ1v) is 6.49. The van der Waals surface area contributed by atoms with Crippen molar-refractivity contribution in [2.75, 3.05) is 20.1 Å². The number of nitrogens with zero attached hydrogens (tertiary/aromatic N) is 2. The Hall–Kier alpha value is -0.760. The zero-order chi connectivity index (χ0) is 12.8. The number of aromatic nitrogens is 1. The molecule has 1 aliphatic rings. The predicted molar refractivity (Wildman–Crippen MR) is 88.0 cm³/mol.